The first-order chi connectivity index (χ1) is 8.58. The number of para-hydroxylation sites is 1. The quantitative estimate of drug-likeness (QED) is 0.797. The van der Waals surface area contributed by atoms with Gasteiger partial charge in [0.2, 0.25) is 5.91 Å². The first kappa shape index (κ1) is 14.0. The van der Waals surface area contributed by atoms with Crippen molar-refractivity contribution in [2.75, 3.05) is 7.11 Å². The van der Waals surface area contributed by atoms with Gasteiger partial charge in [-0.2, -0.15) is 0 Å². The summed E-state index contributed by atoms with van der Waals surface area (Å²) in [5, 5.41) is 11.3. The Balaban J connectivity index is 2.67. The molecule has 0 aliphatic carbocycles. The molecule has 0 bridgehead atoms. The van der Waals surface area contributed by atoms with Gasteiger partial charge >= 0.3 is 5.97 Å². The van der Waals surface area contributed by atoms with Crippen LogP contribution in [0, 0.1) is 0 Å². The Labute approximate surface area is 106 Å². The number of amides is 1. The highest BCUT2D eigenvalue weighted by Gasteiger charge is 2.18. The van der Waals surface area contributed by atoms with Gasteiger partial charge < -0.3 is 15.2 Å². The van der Waals surface area contributed by atoms with Crippen molar-refractivity contribution in [3.05, 3.63) is 29.8 Å². The standard InChI is InChI=1S/C13H17NO4/c1-3-10(13(16)17)14-12(15)8-9-6-4-5-7-11(9)18-2/h4-7,10H,3,8H2,1-2H3,(H,14,15)(H,16,17). The molecular weight excluding hydrogens is 234 g/mol. The normalized spacial score (nSPS) is 11.7. The Morgan fingerprint density at radius 3 is 2.61 bits per heavy atom. The summed E-state index contributed by atoms with van der Waals surface area (Å²) in [6, 6.07) is 6.32. The number of hydrogen-bond acceptors (Lipinski definition) is 3. The van der Waals surface area contributed by atoms with Crippen molar-refractivity contribution in [2.45, 2.75) is 25.8 Å². The Bertz CT molecular complexity index is 431. The average Bonchev–Trinajstić information content (AvgIpc) is 2.36. The average molecular weight is 251 g/mol. The van der Waals surface area contributed by atoms with Crippen LogP contribution in [0.4, 0.5) is 0 Å². The lowest BCUT2D eigenvalue weighted by atomic mass is 10.1. The van der Waals surface area contributed by atoms with Crippen LogP contribution in [-0.4, -0.2) is 30.1 Å². The molecule has 2 N–H and O–H groups in total. The Hall–Kier alpha value is -2.04. The highest BCUT2D eigenvalue weighted by Crippen LogP contribution is 2.17. The largest absolute Gasteiger partial charge is 0.496 e. The molecule has 0 radical (unpaired) electrons. The molecule has 1 aromatic carbocycles. The van der Waals surface area contributed by atoms with Gasteiger partial charge in [0, 0.05) is 5.56 Å². The highest BCUT2D eigenvalue weighted by atomic mass is 16.5. The SMILES string of the molecule is CCC(NC(=O)Cc1ccccc1OC)C(=O)O. The van der Waals surface area contributed by atoms with Gasteiger partial charge in [0.05, 0.1) is 13.5 Å². The third-order valence-corrected chi connectivity index (χ3v) is 2.59. The lowest BCUT2D eigenvalue weighted by molar-refractivity contribution is -0.141. The van der Waals surface area contributed by atoms with E-state index in [1.807, 2.05) is 6.07 Å². The van der Waals surface area contributed by atoms with Crippen LogP contribution in [0.1, 0.15) is 18.9 Å². The maximum absolute atomic E-state index is 11.7. The van der Waals surface area contributed by atoms with Crippen LogP contribution in [0.5, 0.6) is 5.75 Å². The van der Waals surface area contributed by atoms with Crippen molar-refractivity contribution in [3.63, 3.8) is 0 Å². The number of carbonyl (C=O) groups excluding carboxylic acids is 1. The minimum Gasteiger partial charge on any atom is -0.496 e. The molecule has 0 aromatic heterocycles. The fourth-order valence-corrected chi connectivity index (χ4v) is 1.61. The van der Waals surface area contributed by atoms with Gasteiger partial charge in [-0.25, -0.2) is 4.79 Å². The molecule has 0 fully saturated rings. The van der Waals surface area contributed by atoms with Gasteiger partial charge in [-0.15, -0.1) is 0 Å². The molecule has 1 rings (SSSR count). The molecule has 98 valence electrons. The topological polar surface area (TPSA) is 75.6 Å². The zero-order valence-corrected chi connectivity index (χ0v) is 10.5. The van der Waals surface area contributed by atoms with E-state index >= 15 is 0 Å². The van der Waals surface area contributed by atoms with Crippen molar-refractivity contribution in [1.29, 1.82) is 0 Å². The Morgan fingerprint density at radius 1 is 1.39 bits per heavy atom. The van der Waals surface area contributed by atoms with Crippen LogP contribution in [0.15, 0.2) is 24.3 Å². The van der Waals surface area contributed by atoms with Crippen LogP contribution in [0.2, 0.25) is 0 Å². The zero-order chi connectivity index (χ0) is 13.5. The number of ether oxygens (including phenoxy) is 1. The summed E-state index contributed by atoms with van der Waals surface area (Å²) in [6.45, 7) is 1.71. The second-order valence-electron chi connectivity index (χ2n) is 3.86. The van der Waals surface area contributed by atoms with Crippen molar-refractivity contribution in [2.24, 2.45) is 0 Å². The molecule has 5 heteroatoms. The van der Waals surface area contributed by atoms with Crippen molar-refractivity contribution >= 4 is 11.9 Å². The summed E-state index contributed by atoms with van der Waals surface area (Å²) in [4.78, 5) is 22.5. The summed E-state index contributed by atoms with van der Waals surface area (Å²) in [6.07, 6.45) is 0.459. The number of carboxylic acid groups (broad SMARTS) is 1. The van der Waals surface area contributed by atoms with Crippen molar-refractivity contribution in [3.8, 4) is 5.75 Å². The fourth-order valence-electron chi connectivity index (χ4n) is 1.61. The van der Waals surface area contributed by atoms with Gasteiger partial charge in [-0.1, -0.05) is 25.1 Å². The summed E-state index contributed by atoms with van der Waals surface area (Å²) in [5.41, 5.74) is 0.734. The molecule has 0 saturated heterocycles. The third kappa shape index (κ3) is 3.76. The number of carbonyl (C=O) groups is 2. The minimum atomic E-state index is -1.02. The molecule has 5 nitrogen and oxygen atoms in total. The van der Waals surface area contributed by atoms with E-state index in [1.165, 1.54) is 7.11 Å². The van der Waals surface area contributed by atoms with E-state index in [9.17, 15) is 9.59 Å². The summed E-state index contributed by atoms with van der Waals surface area (Å²) in [5.74, 6) is -0.726. The first-order valence-electron chi connectivity index (χ1n) is 5.72. The molecule has 1 unspecified atom stereocenters. The van der Waals surface area contributed by atoms with E-state index in [2.05, 4.69) is 5.32 Å². The monoisotopic (exact) mass is 251 g/mol. The summed E-state index contributed by atoms with van der Waals surface area (Å²) in [7, 11) is 1.53. The smallest absolute Gasteiger partial charge is 0.326 e. The zero-order valence-electron chi connectivity index (χ0n) is 10.5. The van der Waals surface area contributed by atoms with Crippen LogP contribution < -0.4 is 10.1 Å². The number of methoxy groups -OCH3 is 1. The lowest BCUT2D eigenvalue weighted by Gasteiger charge is -2.13. The Kier molecular flexibility index (Phi) is 5.17. The first-order valence-corrected chi connectivity index (χ1v) is 5.72. The van der Waals surface area contributed by atoms with Crippen LogP contribution >= 0.6 is 0 Å². The van der Waals surface area contributed by atoms with E-state index in [0.717, 1.165) is 5.56 Å². The number of rotatable bonds is 6. The van der Waals surface area contributed by atoms with E-state index in [4.69, 9.17) is 9.84 Å². The maximum Gasteiger partial charge on any atom is 0.326 e. The van der Waals surface area contributed by atoms with E-state index in [1.54, 1.807) is 25.1 Å². The van der Waals surface area contributed by atoms with E-state index < -0.39 is 12.0 Å². The van der Waals surface area contributed by atoms with Crippen molar-refractivity contribution in [1.82, 2.24) is 5.32 Å². The summed E-state index contributed by atoms with van der Waals surface area (Å²) >= 11 is 0. The van der Waals surface area contributed by atoms with E-state index in [0.29, 0.717) is 12.2 Å². The molecule has 1 amide bonds. The molecule has 0 heterocycles. The number of nitrogens with one attached hydrogen (secondary N) is 1. The third-order valence-electron chi connectivity index (χ3n) is 2.59. The minimum absolute atomic E-state index is 0.105. The molecule has 18 heavy (non-hydrogen) atoms. The van der Waals surface area contributed by atoms with Crippen LogP contribution in [0.25, 0.3) is 0 Å². The van der Waals surface area contributed by atoms with Gasteiger partial charge in [0.15, 0.2) is 0 Å². The molecule has 0 saturated carbocycles. The fraction of sp³-hybridized carbons (Fsp3) is 0.385. The number of aliphatic carboxylic acids is 1. The van der Waals surface area contributed by atoms with Gasteiger partial charge in [-0.3, -0.25) is 4.79 Å². The molecule has 1 aromatic rings. The van der Waals surface area contributed by atoms with Crippen molar-refractivity contribution < 1.29 is 19.4 Å². The predicted molar refractivity (Wildman–Crippen MR) is 66.6 cm³/mol. The Morgan fingerprint density at radius 2 is 2.06 bits per heavy atom. The maximum atomic E-state index is 11.7. The summed E-state index contributed by atoms with van der Waals surface area (Å²) < 4.78 is 5.13. The highest BCUT2D eigenvalue weighted by molar-refractivity contribution is 5.85. The second kappa shape index (κ2) is 6.64. The predicted octanol–water partition coefficient (Wildman–Crippen LogP) is 1.22. The molecular formula is C13H17NO4. The lowest BCUT2D eigenvalue weighted by Crippen LogP contribution is -2.41. The molecule has 0 aliphatic heterocycles. The number of benzene rings is 1. The second-order valence-corrected chi connectivity index (χ2v) is 3.86. The van der Waals surface area contributed by atoms with Gasteiger partial charge in [-0.05, 0) is 12.5 Å². The number of carboxylic acids is 1. The van der Waals surface area contributed by atoms with Crippen LogP contribution in [0.3, 0.4) is 0 Å². The molecule has 0 aliphatic rings. The van der Waals surface area contributed by atoms with Gasteiger partial charge in [0.25, 0.3) is 0 Å². The van der Waals surface area contributed by atoms with E-state index in [-0.39, 0.29) is 12.3 Å². The number of hydrogen-bond donors (Lipinski definition) is 2. The van der Waals surface area contributed by atoms with Gasteiger partial charge in [0.1, 0.15) is 11.8 Å². The molecule has 1 atom stereocenters. The van der Waals surface area contributed by atoms with Crippen LogP contribution in [-0.2, 0) is 16.0 Å². The molecule has 0 spiro atoms.